The lowest BCUT2D eigenvalue weighted by atomic mass is 9.89. The maximum atomic E-state index is 10.9. The molecule has 4 N–H and O–H groups in total. The van der Waals surface area contributed by atoms with Gasteiger partial charge in [-0.15, -0.1) is 0 Å². The van der Waals surface area contributed by atoms with Crippen LogP contribution in [0.25, 0.3) is 6.08 Å². The van der Waals surface area contributed by atoms with Crippen molar-refractivity contribution in [1.82, 2.24) is 0 Å². The summed E-state index contributed by atoms with van der Waals surface area (Å²) in [5, 5.41) is 39.6. The van der Waals surface area contributed by atoms with Crippen molar-refractivity contribution in [3.05, 3.63) is 53.6 Å². The lowest BCUT2D eigenvalue weighted by molar-refractivity contribution is 0.0696. The second kappa shape index (κ2) is 11.1. The summed E-state index contributed by atoms with van der Waals surface area (Å²) in [7, 11) is 0. The van der Waals surface area contributed by atoms with Crippen LogP contribution in [0.4, 0.5) is 0 Å². The van der Waals surface area contributed by atoms with Gasteiger partial charge in [-0.2, -0.15) is 0 Å². The third-order valence-corrected chi connectivity index (χ3v) is 5.45. The van der Waals surface area contributed by atoms with Gasteiger partial charge in [0.1, 0.15) is 0 Å². The molecule has 0 heterocycles. The maximum Gasteiger partial charge on any atom is 0.335 e. The molecule has 1 saturated carbocycles. The molecule has 1 aliphatic rings. The zero-order valence-electron chi connectivity index (χ0n) is 16.4. The molecule has 0 aliphatic heterocycles. The highest BCUT2D eigenvalue weighted by molar-refractivity contribution is 5.87. The monoisotopic (exact) mass is 388 g/mol. The van der Waals surface area contributed by atoms with Crippen molar-refractivity contribution in [1.29, 1.82) is 0 Å². The molecule has 0 aromatic heterocycles. The largest absolute Gasteiger partial charge is 0.478 e. The van der Waals surface area contributed by atoms with Crippen LogP contribution in [0.3, 0.4) is 0 Å². The fourth-order valence-electron chi connectivity index (χ4n) is 3.76. The zero-order chi connectivity index (χ0) is 20.5. The summed E-state index contributed by atoms with van der Waals surface area (Å²) in [4.78, 5) is 10.9. The number of aliphatic hydroxyl groups is 3. The highest BCUT2D eigenvalue weighted by Gasteiger charge is 2.39. The van der Waals surface area contributed by atoms with E-state index in [0.29, 0.717) is 19.3 Å². The quantitative estimate of drug-likeness (QED) is 0.362. The van der Waals surface area contributed by atoms with E-state index in [2.05, 4.69) is 6.92 Å². The van der Waals surface area contributed by atoms with Crippen molar-refractivity contribution >= 4 is 12.0 Å². The molecule has 1 aromatic rings. The molecule has 0 spiro atoms. The Morgan fingerprint density at radius 2 is 1.89 bits per heavy atom. The number of carboxylic acids is 1. The molecule has 1 aromatic carbocycles. The molecule has 0 saturated heterocycles. The van der Waals surface area contributed by atoms with E-state index in [0.717, 1.165) is 24.8 Å². The number of rotatable bonds is 10. The van der Waals surface area contributed by atoms with Crippen molar-refractivity contribution in [3.63, 3.8) is 0 Å². The van der Waals surface area contributed by atoms with Gasteiger partial charge in [-0.25, -0.2) is 4.79 Å². The van der Waals surface area contributed by atoms with E-state index in [1.165, 1.54) is 0 Å². The van der Waals surface area contributed by atoms with Crippen molar-refractivity contribution in [2.75, 3.05) is 0 Å². The van der Waals surface area contributed by atoms with Gasteiger partial charge in [-0.1, -0.05) is 62.6 Å². The Bertz CT molecular complexity index is 664. The van der Waals surface area contributed by atoms with E-state index in [1.807, 2.05) is 18.2 Å². The summed E-state index contributed by atoms with van der Waals surface area (Å²) < 4.78 is 0. The summed E-state index contributed by atoms with van der Waals surface area (Å²) in [5.74, 6) is -1.25. The molecule has 0 amide bonds. The van der Waals surface area contributed by atoms with Crippen molar-refractivity contribution in [2.45, 2.75) is 63.8 Å². The maximum absolute atomic E-state index is 10.9. The van der Waals surface area contributed by atoms with Crippen LogP contribution in [-0.2, 0) is 0 Å². The predicted molar refractivity (Wildman–Crippen MR) is 110 cm³/mol. The first-order chi connectivity index (χ1) is 13.4. The third-order valence-electron chi connectivity index (χ3n) is 5.45. The van der Waals surface area contributed by atoms with E-state index in [9.17, 15) is 20.1 Å². The molecule has 5 nitrogen and oxygen atoms in total. The number of aromatic carboxylic acids is 1. The molecule has 1 fully saturated rings. The van der Waals surface area contributed by atoms with Crippen LogP contribution in [0.5, 0.6) is 0 Å². The van der Waals surface area contributed by atoms with Gasteiger partial charge in [0.15, 0.2) is 0 Å². The summed E-state index contributed by atoms with van der Waals surface area (Å²) in [6, 6.07) is 6.59. The molecule has 5 unspecified atom stereocenters. The summed E-state index contributed by atoms with van der Waals surface area (Å²) in [5.41, 5.74) is 1.13. The first-order valence-corrected chi connectivity index (χ1v) is 10.1. The van der Waals surface area contributed by atoms with Gasteiger partial charge in [0.2, 0.25) is 0 Å². The van der Waals surface area contributed by atoms with Gasteiger partial charge in [0.05, 0.1) is 23.9 Å². The van der Waals surface area contributed by atoms with Gasteiger partial charge in [-0.3, -0.25) is 0 Å². The Morgan fingerprint density at radius 1 is 1.18 bits per heavy atom. The summed E-state index contributed by atoms with van der Waals surface area (Å²) in [6.45, 7) is 2.12. The Kier molecular flexibility index (Phi) is 8.90. The van der Waals surface area contributed by atoms with Crippen molar-refractivity contribution in [2.24, 2.45) is 11.8 Å². The lowest BCUT2D eigenvalue weighted by Crippen LogP contribution is -2.20. The minimum absolute atomic E-state index is 0.108. The number of hydrogen-bond donors (Lipinski definition) is 4. The SMILES string of the molecule is CCCCCC(O)/C=C/C1C(O)CC(O)C1CC=Cc1ccc(C(=O)O)cc1. The molecule has 0 radical (unpaired) electrons. The van der Waals surface area contributed by atoms with Crippen LogP contribution < -0.4 is 0 Å². The average Bonchev–Trinajstić information content (AvgIpc) is 2.93. The lowest BCUT2D eigenvalue weighted by Gasteiger charge is -2.19. The summed E-state index contributed by atoms with van der Waals surface area (Å²) >= 11 is 0. The number of carboxylic acid groups (broad SMARTS) is 1. The first-order valence-electron chi connectivity index (χ1n) is 10.1. The van der Waals surface area contributed by atoms with E-state index in [4.69, 9.17) is 5.11 Å². The third kappa shape index (κ3) is 6.59. The molecule has 2 rings (SSSR count). The van der Waals surface area contributed by atoms with Gasteiger partial charge in [0, 0.05) is 12.3 Å². The second-order valence-corrected chi connectivity index (χ2v) is 7.62. The Hall–Kier alpha value is -1.95. The van der Waals surface area contributed by atoms with E-state index in [1.54, 1.807) is 30.3 Å². The highest BCUT2D eigenvalue weighted by Crippen LogP contribution is 2.36. The molecular formula is C23H32O5. The van der Waals surface area contributed by atoms with Gasteiger partial charge in [-0.05, 0) is 36.5 Å². The molecule has 5 atom stereocenters. The highest BCUT2D eigenvalue weighted by atomic mass is 16.4. The normalized spacial score (nSPS) is 26.3. The fraction of sp³-hybridized carbons (Fsp3) is 0.522. The zero-order valence-corrected chi connectivity index (χ0v) is 16.4. The number of hydrogen-bond acceptors (Lipinski definition) is 4. The van der Waals surface area contributed by atoms with Crippen molar-refractivity contribution < 1.29 is 25.2 Å². The number of unbranched alkanes of at least 4 members (excludes halogenated alkanes) is 2. The molecule has 28 heavy (non-hydrogen) atoms. The Balaban J connectivity index is 1.94. The smallest absolute Gasteiger partial charge is 0.335 e. The molecular weight excluding hydrogens is 356 g/mol. The average molecular weight is 389 g/mol. The summed E-state index contributed by atoms with van der Waals surface area (Å²) in [6.07, 6.45) is 10.6. The van der Waals surface area contributed by atoms with Crippen LogP contribution in [0, 0.1) is 11.8 Å². The van der Waals surface area contributed by atoms with Gasteiger partial charge in [0.25, 0.3) is 0 Å². The topological polar surface area (TPSA) is 98.0 Å². The van der Waals surface area contributed by atoms with E-state index in [-0.39, 0.29) is 17.4 Å². The molecule has 154 valence electrons. The van der Waals surface area contributed by atoms with Crippen LogP contribution in [0.1, 0.15) is 61.4 Å². The van der Waals surface area contributed by atoms with Crippen molar-refractivity contribution in [3.8, 4) is 0 Å². The Morgan fingerprint density at radius 3 is 2.54 bits per heavy atom. The molecule has 0 bridgehead atoms. The second-order valence-electron chi connectivity index (χ2n) is 7.62. The minimum atomic E-state index is -0.954. The molecule has 1 aliphatic carbocycles. The number of carbonyl (C=O) groups is 1. The molecule has 5 heteroatoms. The van der Waals surface area contributed by atoms with Crippen LogP contribution in [-0.4, -0.2) is 44.7 Å². The van der Waals surface area contributed by atoms with E-state index >= 15 is 0 Å². The first kappa shape index (κ1) is 22.3. The number of benzene rings is 1. The van der Waals surface area contributed by atoms with E-state index < -0.39 is 24.3 Å². The van der Waals surface area contributed by atoms with Crippen LogP contribution in [0.2, 0.25) is 0 Å². The standard InChI is InChI=1S/C23H32O5/c1-2-3-4-7-18(24)13-14-20-19(21(25)15-22(20)26)8-5-6-16-9-11-17(12-10-16)23(27)28/h5-6,9-14,18-22,24-26H,2-4,7-8,15H2,1H3,(H,27,28)/b6-5?,14-13+. The van der Waals surface area contributed by atoms with Gasteiger partial charge >= 0.3 is 5.97 Å². The van der Waals surface area contributed by atoms with Crippen LogP contribution >= 0.6 is 0 Å². The number of allylic oxidation sites excluding steroid dienone is 1. The Labute approximate surface area is 167 Å². The van der Waals surface area contributed by atoms with Gasteiger partial charge < -0.3 is 20.4 Å². The predicted octanol–water partition coefficient (Wildman–Crippen LogP) is 3.64. The number of aliphatic hydroxyl groups excluding tert-OH is 3. The van der Waals surface area contributed by atoms with Crippen LogP contribution in [0.15, 0.2) is 42.5 Å². The minimum Gasteiger partial charge on any atom is -0.478 e. The fourth-order valence-corrected chi connectivity index (χ4v) is 3.76.